The summed E-state index contributed by atoms with van der Waals surface area (Å²) in [5.41, 5.74) is 5.51. The first-order valence-corrected chi connectivity index (χ1v) is 12.0. The normalized spacial score (nSPS) is 15.3. The molecule has 0 radical (unpaired) electrons. The van der Waals surface area contributed by atoms with Crippen molar-refractivity contribution in [3.63, 3.8) is 0 Å². The number of fused-ring (bicyclic) bond motifs is 2. The van der Waals surface area contributed by atoms with Gasteiger partial charge in [0.15, 0.2) is 14.6 Å². The number of amides is 1. The topological polar surface area (TPSA) is 115 Å². The number of aryl methyl sites for hydroxylation is 1. The molecular formula is C23H24N2O6S. The molecule has 1 atom stereocenters. The number of pyridine rings is 1. The quantitative estimate of drug-likeness (QED) is 0.435. The van der Waals surface area contributed by atoms with Gasteiger partial charge in [0.25, 0.3) is 11.5 Å². The van der Waals surface area contributed by atoms with Gasteiger partial charge in [-0.2, -0.15) is 0 Å². The zero-order valence-electron chi connectivity index (χ0n) is 17.8. The van der Waals surface area contributed by atoms with E-state index >= 15 is 0 Å². The van der Waals surface area contributed by atoms with Gasteiger partial charge in [0.05, 0.1) is 13.2 Å². The molecular weight excluding hydrogens is 432 g/mol. The Balaban J connectivity index is 1.64. The Morgan fingerprint density at radius 2 is 1.81 bits per heavy atom. The fraction of sp³-hybridized carbons (Fsp3) is 0.304. The molecule has 3 aromatic rings. The summed E-state index contributed by atoms with van der Waals surface area (Å²) in [5.74, 6) is -1.03. The van der Waals surface area contributed by atoms with Crippen molar-refractivity contribution in [2.24, 2.45) is 0 Å². The molecule has 1 amide bonds. The first-order valence-electron chi connectivity index (χ1n) is 10.1. The number of carbonyl (C=O) groups excluding carboxylic acids is 1. The number of carbonyl (C=O) groups is 1. The average molecular weight is 457 g/mol. The van der Waals surface area contributed by atoms with Gasteiger partial charge in [0.2, 0.25) is 0 Å². The van der Waals surface area contributed by atoms with Crippen molar-refractivity contribution in [1.29, 1.82) is 0 Å². The van der Waals surface area contributed by atoms with Gasteiger partial charge >= 0.3 is 0 Å². The molecule has 2 aromatic carbocycles. The Labute approximate surface area is 185 Å². The van der Waals surface area contributed by atoms with Crippen LogP contribution in [0.15, 0.2) is 53.5 Å². The van der Waals surface area contributed by atoms with E-state index in [4.69, 9.17) is 9.94 Å². The fourth-order valence-electron chi connectivity index (χ4n) is 3.91. The van der Waals surface area contributed by atoms with E-state index in [1.807, 2.05) is 18.2 Å². The van der Waals surface area contributed by atoms with E-state index in [-0.39, 0.29) is 18.5 Å². The second-order valence-corrected chi connectivity index (χ2v) is 10.7. The minimum Gasteiger partial charge on any atom is -0.372 e. The minimum absolute atomic E-state index is 0.00165. The SMILES string of the molecule is CC(CCn1ccc2cc(-c3ccc4c(c3)COC4)ccc2c1=O)(C(=O)NO)S(C)(=O)=O. The molecule has 8 nitrogen and oxygen atoms in total. The van der Waals surface area contributed by atoms with Gasteiger partial charge in [0, 0.05) is 24.4 Å². The van der Waals surface area contributed by atoms with Crippen molar-refractivity contribution in [3.05, 3.63) is 70.1 Å². The lowest BCUT2D eigenvalue weighted by Gasteiger charge is -2.25. The monoisotopic (exact) mass is 456 g/mol. The summed E-state index contributed by atoms with van der Waals surface area (Å²) in [4.78, 5) is 25.0. The number of aromatic nitrogens is 1. The summed E-state index contributed by atoms with van der Waals surface area (Å²) < 4.78 is 29.3. The molecule has 9 heteroatoms. The highest BCUT2D eigenvalue weighted by atomic mass is 32.2. The van der Waals surface area contributed by atoms with Crippen LogP contribution in [0.2, 0.25) is 0 Å². The first kappa shape index (κ1) is 22.2. The summed E-state index contributed by atoms with van der Waals surface area (Å²) in [6.45, 7) is 2.46. The van der Waals surface area contributed by atoms with Crippen LogP contribution in [0.5, 0.6) is 0 Å². The van der Waals surface area contributed by atoms with Gasteiger partial charge in [-0.3, -0.25) is 14.8 Å². The van der Waals surface area contributed by atoms with Gasteiger partial charge < -0.3 is 9.30 Å². The molecule has 0 saturated carbocycles. The van der Waals surface area contributed by atoms with E-state index in [2.05, 4.69) is 12.1 Å². The van der Waals surface area contributed by atoms with Gasteiger partial charge in [-0.1, -0.05) is 18.2 Å². The Hall–Kier alpha value is -3.01. The predicted molar refractivity (Wildman–Crippen MR) is 120 cm³/mol. The van der Waals surface area contributed by atoms with Gasteiger partial charge in [-0.25, -0.2) is 13.9 Å². The van der Waals surface area contributed by atoms with Crippen LogP contribution in [0.4, 0.5) is 0 Å². The third-order valence-electron chi connectivity index (χ3n) is 6.26. The Bertz CT molecular complexity index is 1380. The second kappa shape index (κ2) is 8.16. The van der Waals surface area contributed by atoms with Gasteiger partial charge in [0.1, 0.15) is 0 Å². The number of nitrogens with one attached hydrogen (secondary N) is 1. The van der Waals surface area contributed by atoms with Crippen LogP contribution in [0, 0.1) is 0 Å². The molecule has 4 rings (SSSR count). The maximum atomic E-state index is 13.0. The standard InChI is InChI=1S/C23H24N2O6S/c1-23(22(27)24-28,32(2,29)30)8-10-25-9-7-17-11-16(5-6-20(17)21(25)26)15-3-4-18-13-31-14-19(18)12-15/h3-7,9,11-12,28H,8,10,13-14H2,1-2H3,(H,24,27). The summed E-state index contributed by atoms with van der Waals surface area (Å²) in [6.07, 6.45) is 2.35. The Morgan fingerprint density at radius 3 is 2.53 bits per heavy atom. The summed E-state index contributed by atoms with van der Waals surface area (Å²) in [6, 6.07) is 13.6. The summed E-state index contributed by atoms with van der Waals surface area (Å²) >= 11 is 0. The molecule has 1 aliphatic rings. The van der Waals surface area contributed by atoms with Crippen LogP contribution in [-0.4, -0.2) is 35.1 Å². The van der Waals surface area contributed by atoms with E-state index in [9.17, 15) is 18.0 Å². The van der Waals surface area contributed by atoms with Gasteiger partial charge in [-0.05, 0) is 65.3 Å². The number of ether oxygens (including phenoxy) is 1. The molecule has 32 heavy (non-hydrogen) atoms. The Kier molecular flexibility index (Phi) is 5.66. The highest BCUT2D eigenvalue weighted by Gasteiger charge is 2.43. The average Bonchev–Trinajstić information content (AvgIpc) is 3.24. The molecule has 0 bridgehead atoms. The highest BCUT2D eigenvalue weighted by Crippen LogP contribution is 2.29. The van der Waals surface area contributed by atoms with E-state index in [0.717, 1.165) is 22.8 Å². The van der Waals surface area contributed by atoms with Crippen molar-refractivity contribution in [2.45, 2.75) is 37.9 Å². The van der Waals surface area contributed by atoms with E-state index in [0.29, 0.717) is 18.6 Å². The third kappa shape index (κ3) is 3.83. The number of hydrogen-bond donors (Lipinski definition) is 2. The zero-order chi connectivity index (χ0) is 23.1. The summed E-state index contributed by atoms with van der Waals surface area (Å²) in [5, 5.41) is 10.2. The van der Waals surface area contributed by atoms with Gasteiger partial charge in [-0.15, -0.1) is 0 Å². The Morgan fingerprint density at radius 1 is 1.12 bits per heavy atom. The molecule has 1 aliphatic heterocycles. The maximum absolute atomic E-state index is 13.0. The van der Waals surface area contributed by atoms with Crippen LogP contribution < -0.4 is 11.0 Å². The smallest absolute Gasteiger partial charge is 0.264 e. The first-order chi connectivity index (χ1) is 15.1. The molecule has 0 fully saturated rings. The lowest BCUT2D eigenvalue weighted by Crippen LogP contribution is -2.49. The molecule has 2 heterocycles. The van der Waals surface area contributed by atoms with Crippen LogP contribution in [0.1, 0.15) is 24.5 Å². The van der Waals surface area contributed by atoms with Crippen LogP contribution in [0.25, 0.3) is 21.9 Å². The van der Waals surface area contributed by atoms with Crippen molar-refractivity contribution in [1.82, 2.24) is 10.0 Å². The van der Waals surface area contributed by atoms with Crippen LogP contribution in [-0.2, 0) is 39.1 Å². The third-order valence-corrected chi connectivity index (χ3v) is 8.29. The number of hydrogen-bond acceptors (Lipinski definition) is 6. The zero-order valence-corrected chi connectivity index (χ0v) is 18.6. The van der Waals surface area contributed by atoms with E-state index in [1.54, 1.807) is 18.3 Å². The van der Waals surface area contributed by atoms with E-state index < -0.39 is 20.5 Å². The minimum atomic E-state index is -3.84. The number of sulfone groups is 1. The van der Waals surface area contributed by atoms with Crippen molar-refractivity contribution in [3.8, 4) is 11.1 Å². The number of rotatable bonds is 6. The molecule has 2 N–H and O–H groups in total. The fourth-order valence-corrected chi connectivity index (χ4v) is 4.76. The van der Waals surface area contributed by atoms with E-state index in [1.165, 1.54) is 28.1 Å². The van der Waals surface area contributed by atoms with Crippen molar-refractivity contribution >= 4 is 26.5 Å². The summed E-state index contributed by atoms with van der Waals surface area (Å²) in [7, 11) is -3.84. The molecule has 168 valence electrons. The largest absolute Gasteiger partial charge is 0.372 e. The second-order valence-electron chi connectivity index (χ2n) is 8.29. The lowest BCUT2D eigenvalue weighted by atomic mass is 9.98. The van der Waals surface area contributed by atoms with Crippen LogP contribution in [0.3, 0.4) is 0 Å². The van der Waals surface area contributed by atoms with Crippen molar-refractivity contribution in [2.75, 3.05) is 6.26 Å². The molecule has 0 saturated heterocycles. The maximum Gasteiger partial charge on any atom is 0.264 e. The highest BCUT2D eigenvalue weighted by molar-refractivity contribution is 7.92. The number of nitrogens with zero attached hydrogens (tertiary/aromatic N) is 1. The van der Waals surface area contributed by atoms with Crippen LogP contribution >= 0.6 is 0 Å². The molecule has 0 aliphatic carbocycles. The molecule has 1 aromatic heterocycles. The van der Waals surface area contributed by atoms with Crippen molar-refractivity contribution < 1.29 is 23.2 Å². The molecule has 1 unspecified atom stereocenters. The predicted octanol–water partition coefficient (Wildman–Crippen LogP) is 2.40. The lowest BCUT2D eigenvalue weighted by molar-refractivity contribution is -0.131. The number of benzene rings is 2. The molecule has 0 spiro atoms. The number of hydroxylamine groups is 1.